The second-order valence-electron chi connectivity index (χ2n) is 2.38. The molecule has 0 aliphatic rings. The van der Waals surface area contributed by atoms with Gasteiger partial charge in [0.2, 0.25) is 0 Å². The van der Waals surface area contributed by atoms with E-state index in [0.29, 0.717) is 0 Å². The maximum Gasteiger partial charge on any atom is 0.185 e. The summed E-state index contributed by atoms with van der Waals surface area (Å²) in [5.74, 6) is -0.0110. The average molecular weight is 176 g/mol. The van der Waals surface area contributed by atoms with Gasteiger partial charge in [-0.1, -0.05) is 44.7 Å². The van der Waals surface area contributed by atoms with Crippen LogP contribution in [0.5, 0.6) is 0 Å². The van der Waals surface area contributed by atoms with Crippen LogP contribution in [0.2, 0.25) is 0 Å². The fourth-order valence-electron chi connectivity index (χ4n) is 0.959. The van der Waals surface area contributed by atoms with Crippen LogP contribution in [0.1, 0.15) is 29.8 Å². The van der Waals surface area contributed by atoms with Crippen LogP contribution in [0.3, 0.4) is 0 Å². The van der Waals surface area contributed by atoms with Gasteiger partial charge < -0.3 is 0 Å². The Kier molecular flexibility index (Phi) is 5.53. The Labute approximate surface area is 80.1 Å². The van der Waals surface area contributed by atoms with Crippen LogP contribution < -0.4 is 0 Å². The smallest absolute Gasteiger partial charge is 0.185 e. The molecule has 0 spiro atoms. The lowest BCUT2D eigenvalue weighted by Gasteiger charge is -1.98. The van der Waals surface area contributed by atoms with Gasteiger partial charge in [0.25, 0.3) is 0 Å². The van der Waals surface area contributed by atoms with Crippen molar-refractivity contribution in [3.63, 3.8) is 0 Å². The third-order valence-corrected chi connectivity index (χ3v) is 1.60. The van der Waals surface area contributed by atoms with Gasteiger partial charge in [-0.15, -0.1) is 0 Å². The predicted octanol–water partition coefficient (Wildman–Crippen LogP) is 3.39. The molecule has 1 aromatic rings. The highest BCUT2D eigenvalue weighted by Gasteiger charge is 2.01. The van der Waals surface area contributed by atoms with Crippen molar-refractivity contribution in [3.8, 4) is 0 Å². The first-order chi connectivity index (χ1) is 6.25. The number of rotatable bonds is 2. The number of hydrogen-bond donors (Lipinski definition) is 0. The van der Waals surface area contributed by atoms with Gasteiger partial charge in [-0.25, -0.2) is 0 Å². The van der Waals surface area contributed by atoms with Gasteiger partial charge in [-0.3, -0.25) is 4.79 Å². The second-order valence-corrected chi connectivity index (χ2v) is 2.38. The van der Waals surface area contributed by atoms with Crippen molar-refractivity contribution >= 4 is 5.78 Å². The van der Waals surface area contributed by atoms with E-state index in [1.807, 2.05) is 39.0 Å². The summed E-state index contributed by atoms with van der Waals surface area (Å²) in [4.78, 5) is 11.1. The summed E-state index contributed by atoms with van der Waals surface area (Å²) in [6, 6.07) is 7.48. The molecular formula is C12H16O. The van der Waals surface area contributed by atoms with Gasteiger partial charge >= 0.3 is 0 Å². The highest BCUT2D eigenvalue weighted by molar-refractivity contribution is 6.05. The summed E-state index contributed by atoms with van der Waals surface area (Å²) in [5.41, 5.74) is 1.74. The molecule has 70 valence electrons. The minimum absolute atomic E-state index is 0.0110. The molecule has 0 heterocycles. The molecule has 1 nitrogen and oxygen atoms in total. The van der Waals surface area contributed by atoms with Crippen molar-refractivity contribution in [1.82, 2.24) is 0 Å². The van der Waals surface area contributed by atoms with Crippen molar-refractivity contribution in [2.24, 2.45) is 0 Å². The third kappa shape index (κ3) is 3.24. The van der Waals surface area contributed by atoms with Crippen LogP contribution in [-0.4, -0.2) is 5.78 Å². The fourth-order valence-corrected chi connectivity index (χ4v) is 0.959. The van der Waals surface area contributed by atoms with Crippen LogP contribution in [0, 0.1) is 6.92 Å². The Morgan fingerprint density at radius 3 is 2.31 bits per heavy atom. The molecule has 0 aliphatic heterocycles. The van der Waals surface area contributed by atoms with Gasteiger partial charge in [0, 0.05) is 5.56 Å². The normalized spacial score (nSPS) is 8.23. The Morgan fingerprint density at radius 1 is 1.31 bits per heavy atom. The molecule has 0 N–H and O–H groups in total. The zero-order valence-corrected chi connectivity index (χ0v) is 8.50. The number of allylic oxidation sites excluding steroid dienone is 1. The SMILES string of the molecule is C=CC(=O)c1ccccc1C.CC. The molecule has 13 heavy (non-hydrogen) atoms. The average Bonchev–Trinajstić information content (AvgIpc) is 2.20. The van der Waals surface area contributed by atoms with Crippen molar-refractivity contribution in [1.29, 1.82) is 0 Å². The molecule has 0 atom stereocenters. The van der Waals surface area contributed by atoms with E-state index in [-0.39, 0.29) is 5.78 Å². The largest absolute Gasteiger partial charge is 0.289 e. The molecule has 0 aliphatic carbocycles. The summed E-state index contributed by atoms with van der Waals surface area (Å²) in [6.45, 7) is 9.34. The van der Waals surface area contributed by atoms with Crippen molar-refractivity contribution < 1.29 is 4.79 Å². The topological polar surface area (TPSA) is 17.1 Å². The maximum absolute atomic E-state index is 11.1. The predicted molar refractivity (Wildman–Crippen MR) is 57.1 cm³/mol. The Balaban J connectivity index is 0.000000671. The molecule has 0 radical (unpaired) electrons. The highest BCUT2D eigenvalue weighted by Crippen LogP contribution is 2.07. The molecule has 0 bridgehead atoms. The molecule has 1 aromatic carbocycles. The van der Waals surface area contributed by atoms with E-state index in [1.165, 1.54) is 6.08 Å². The molecular weight excluding hydrogens is 160 g/mol. The molecule has 0 aromatic heterocycles. The van der Waals surface area contributed by atoms with E-state index in [2.05, 4.69) is 6.58 Å². The summed E-state index contributed by atoms with van der Waals surface area (Å²) < 4.78 is 0. The van der Waals surface area contributed by atoms with E-state index in [0.717, 1.165) is 11.1 Å². The summed E-state index contributed by atoms with van der Waals surface area (Å²) in [6.07, 6.45) is 1.34. The van der Waals surface area contributed by atoms with Crippen molar-refractivity contribution in [2.45, 2.75) is 20.8 Å². The summed E-state index contributed by atoms with van der Waals surface area (Å²) in [5, 5.41) is 0. The van der Waals surface area contributed by atoms with Gasteiger partial charge in [-0.05, 0) is 18.6 Å². The minimum atomic E-state index is -0.0110. The van der Waals surface area contributed by atoms with E-state index in [9.17, 15) is 4.79 Å². The quantitative estimate of drug-likeness (QED) is 0.498. The fraction of sp³-hybridized carbons (Fsp3) is 0.250. The lowest BCUT2D eigenvalue weighted by molar-refractivity contribution is 0.104. The first-order valence-electron chi connectivity index (χ1n) is 4.48. The van der Waals surface area contributed by atoms with E-state index in [1.54, 1.807) is 6.07 Å². The summed E-state index contributed by atoms with van der Waals surface area (Å²) >= 11 is 0. The third-order valence-electron chi connectivity index (χ3n) is 1.60. The first-order valence-corrected chi connectivity index (χ1v) is 4.48. The van der Waals surface area contributed by atoms with Gasteiger partial charge in [0.1, 0.15) is 0 Å². The van der Waals surface area contributed by atoms with Crippen LogP contribution in [0.4, 0.5) is 0 Å². The summed E-state index contributed by atoms with van der Waals surface area (Å²) in [7, 11) is 0. The molecule has 0 fully saturated rings. The molecule has 1 heteroatoms. The Bertz CT molecular complexity index is 287. The first kappa shape index (κ1) is 11.6. The number of hydrogen-bond acceptors (Lipinski definition) is 1. The van der Waals surface area contributed by atoms with Crippen LogP contribution in [0.25, 0.3) is 0 Å². The molecule has 0 amide bonds. The number of carbonyl (C=O) groups is 1. The molecule has 1 rings (SSSR count). The van der Waals surface area contributed by atoms with E-state index < -0.39 is 0 Å². The molecule has 0 unspecified atom stereocenters. The Morgan fingerprint density at radius 2 is 1.85 bits per heavy atom. The monoisotopic (exact) mass is 176 g/mol. The lowest BCUT2D eigenvalue weighted by Crippen LogP contribution is -1.95. The maximum atomic E-state index is 11.1. The highest BCUT2D eigenvalue weighted by atomic mass is 16.1. The molecule has 0 saturated carbocycles. The van der Waals surface area contributed by atoms with Crippen LogP contribution in [0.15, 0.2) is 36.9 Å². The zero-order chi connectivity index (χ0) is 10.3. The number of carbonyl (C=O) groups excluding carboxylic acids is 1. The standard InChI is InChI=1S/C10H10O.C2H6/c1-3-10(11)9-7-5-4-6-8(9)2;1-2/h3-7H,1H2,2H3;1-2H3. The van der Waals surface area contributed by atoms with Gasteiger partial charge in [0.05, 0.1) is 0 Å². The van der Waals surface area contributed by atoms with Crippen molar-refractivity contribution in [3.05, 3.63) is 48.0 Å². The van der Waals surface area contributed by atoms with Gasteiger partial charge in [-0.2, -0.15) is 0 Å². The van der Waals surface area contributed by atoms with E-state index in [4.69, 9.17) is 0 Å². The second kappa shape index (κ2) is 6.18. The van der Waals surface area contributed by atoms with Crippen LogP contribution in [-0.2, 0) is 0 Å². The van der Waals surface area contributed by atoms with Gasteiger partial charge in [0.15, 0.2) is 5.78 Å². The molecule has 0 saturated heterocycles. The number of benzene rings is 1. The van der Waals surface area contributed by atoms with Crippen LogP contribution >= 0.6 is 0 Å². The minimum Gasteiger partial charge on any atom is -0.289 e. The lowest BCUT2D eigenvalue weighted by atomic mass is 10.1. The van der Waals surface area contributed by atoms with Crippen molar-refractivity contribution in [2.75, 3.05) is 0 Å². The Hall–Kier alpha value is -1.37. The number of aryl methyl sites for hydroxylation is 1. The number of ketones is 1. The zero-order valence-electron chi connectivity index (χ0n) is 8.50. The van der Waals surface area contributed by atoms with E-state index >= 15 is 0 Å².